The van der Waals surface area contributed by atoms with Gasteiger partial charge in [0.1, 0.15) is 0 Å². The first kappa shape index (κ1) is 25.6. The number of ketones is 2. The molecular formula is C30H19Br2NO6. The number of carboxylic acids is 1. The average molecular weight is 649 g/mol. The second-order valence-electron chi connectivity index (χ2n) is 9.75. The summed E-state index contributed by atoms with van der Waals surface area (Å²) in [5.74, 6) is -2.27. The Kier molecular flexibility index (Phi) is 5.85. The first-order chi connectivity index (χ1) is 18.5. The van der Waals surface area contributed by atoms with Crippen molar-refractivity contribution in [1.29, 1.82) is 0 Å². The van der Waals surface area contributed by atoms with Crippen molar-refractivity contribution in [2.24, 2.45) is 0 Å². The van der Waals surface area contributed by atoms with Gasteiger partial charge in [0, 0.05) is 76.5 Å². The van der Waals surface area contributed by atoms with E-state index in [1.165, 1.54) is 13.8 Å². The molecule has 9 heteroatoms. The fourth-order valence-corrected chi connectivity index (χ4v) is 7.18. The van der Waals surface area contributed by atoms with Crippen molar-refractivity contribution in [3.63, 3.8) is 0 Å². The maximum Gasteiger partial charge on any atom is 0.303 e. The second kappa shape index (κ2) is 8.93. The molecule has 194 valence electrons. The summed E-state index contributed by atoms with van der Waals surface area (Å²) >= 11 is 7.34. The highest BCUT2D eigenvalue weighted by atomic mass is 79.9. The van der Waals surface area contributed by atoms with Gasteiger partial charge in [0.05, 0.1) is 0 Å². The molecule has 5 aromatic rings. The van der Waals surface area contributed by atoms with E-state index in [4.69, 9.17) is 5.11 Å². The fraction of sp³-hybridized carbons (Fsp3) is 0.167. The molecule has 6 rings (SSSR count). The Hall–Kier alpha value is -3.69. The largest absolute Gasteiger partial charge is 0.481 e. The SMILES string of the molecule is CC(=O)c1ccc2c3c(Br)cc4c5c(ccc(c6c(Br)cc(C(C)=O)c1c26)c53)C(=O)N(CCCC(=O)O)C4=O. The topological polar surface area (TPSA) is 109 Å². The predicted molar refractivity (Wildman–Crippen MR) is 155 cm³/mol. The van der Waals surface area contributed by atoms with Crippen molar-refractivity contribution >= 4 is 104 Å². The number of amides is 2. The quantitative estimate of drug-likeness (QED) is 0.0908. The van der Waals surface area contributed by atoms with Crippen LogP contribution in [0, 0.1) is 0 Å². The molecule has 39 heavy (non-hydrogen) atoms. The number of Topliss-reactive ketones (excluding diaryl/α,β-unsaturated/α-hetero) is 2. The number of hydrogen-bond acceptors (Lipinski definition) is 5. The van der Waals surface area contributed by atoms with E-state index in [2.05, 4.69) is 31.9 Å². The van der Waals surface area contributed by atoms with Crippen LogP contribution in [0.3, 0.4) is 0 Å². The van der Waals surface area contributed by atoms with E-state index in [1.807, 2.05) is 12.1 Å². The minimum atomic E-state index is -0.993. The van der Waals surface area contributed by atoms with Crippen molar-refractivity contribution in [3.05, 3.63) is 67.6 Å². The van der Waals surface area contributed by atoms with Crippen LogP contribution in [0.25, 0.3) is 43.1 Å². The van der Waals surface area contributed by atoms with Gasteiger partial charge in [-0.2, -0.15) is 0 Å². The molecule has 0 aliphatic carbocycles. The third-order valence-corrected chi connectivity index (χ3v) is 8.74. The molecule has 7 nitrogen and oxygen atoms in total. The van der Waals surface area contributed by atoms with Gasteiger partial charge in [-0.25, -0.2) is 0 Å². The molecule has 1 aliphatic rings. The van der Waals surface area contributed by atoms with Gasteiger partial charge in [-0.05, 0) is 49.2 Å². The second-order valence-corrected chi connectivity index (χ2v) is 11.5. The number of halogens is 2. The van der Waals surface area contributed by atoms with Gasteiger partial charge in [-0.1, -0.05) is 50.1 Å². The predicted octanol–water partition coefficient (Wildman–Crippen LogP) is 7.13. The average Bonchev–Trinajstić information content (AvgIpc) is 2.88. The third kappa shape index (κ3) is 3.56. The van der Waals surface area contributed by atoms with Crippen molar-refractivity contribution in [1.82, 2.24) is 4.90 Å². The van der Waals surface area contributed by atoms with Gasteiger partial charge in [-0.15, -0.1) is 0 Å². The molecule has 1 aliphatic heterocycles. The molecule has 0 saturated heterocycles. The Labute approximate surface area is 238 Å². The summed E-state index contributed by atoms with van der Waals surface area (Å²) in [6, 6.07) is 10.5. The highest BCUT2D eigenvalue weighted by Crippen LogP contribution is 2.49. The maximum atomic E-state index is 13.6. The molecule has 0 bridgehead atoms. The summed E-state index contributed by atoms with van der Waals surface area (Å²) in [6.07, 6.45) is 0.00211. The lowest BCUT2D eigenvalue weighted by atomic mass is 9.82. The number of fused-ring (bicyclic) bond motifs is 2. The molecule has 0 saturated carbocycles. The van der Waals surface area contributed by atoms with E-state index in [9.17, 15) is 24.0 Å². The van der Waals surface area contributed by atoms with Crippen molar-refractivity contribution in [2.45, 2.75) is 26.7 Å². The number of carbonyl (C=O) groups excluding carboxylic acids is 4. The molecule has 5 aromatic carbocycles. The van der Waals surface area contributed by atoms with Gasteiger partial charge in [0.15, 0.2) is 11.6 Å². The molecular weight excluding hydrogens is 630 g/mol. The van der Waals surface area contributed by atoms with Gasteiger partial charge in [-0.3, -0.25) is 28.9 Å². The van der Waals surface area contributed by atoms with Gasteiger partial charge in [0.2, 0.25) is 0 Å². The Balaban J connectivity index is 1.77. The summed E-state index contributed by atoms with van der Waals surface area (Å²) in [6.45, 7) is 2.94. The molecule has 0 radical (unpaired) electrons. The maximum absolute atomic E-state index is 13.6. The number of rotatable bonds is 6. The Morgan fingerprint density at radius 1 is 0.718 bits per heavy atom. The van der Waals surface area contributed by atoms with E-state index >= 15 is 0 Å². The summed E-state index contributed by atoms with van der Waals surface area (Å²) in [4.78, 5) is 64.6. The monoisotopic (exact) mass is 647 g/mol. The summed E-state index contributed by atoms with van der Waals surface area (Å²) < 4.78 is 1.29. The van der Waals surface area contributed by atoms with Crippen molar-refractivity contribution < 1.29 is 29.1 Å². The minimum absolute atomic E-state index is 0.00135. The van der Waals surface area contributed by atoms with Crippen LogP contribution in [0.1, 0.15) is 68.1 Å². The molecule has 0 atom stereocenters. The highest BCUT2D eigenvalue weighted by Gasteiger charge is 2.35. The van der Waals surface area contributed by atoms with Crippen LogP contribution in [0.15, 0.2) is 45.3 Å². The molecule has 1 heterocycles. The summed E-state index contributed by atoms with van der Waals surface area (Å²) in [5, 5.41) is 14.7. The zero-order valence-corrected chi connectivity index (χ0v) is 23.9. The van der Waals surface area contributed by atoms with Crippen LogP contribution in [0.5, 0.6) is 0 Å². The third-order valence-electron chi connectivity index (χ3n) is 7.49. The van der Waals surface area contributed by atoms with Crippen molar-refractivity contribution in [2.75, 3.05) is 6.54 Å². The first-order valence-corrected chi connectivity index (χ1v) is 13.8. The molecule has 0 aromatic heterocycles. The van der Waals surface area contributed by atoms with Crippen LogP contribution in [0.2, 0.25) is 0 Å². The summed E-state index contributed by atoms with van der Waals surface area (Å²) in [7, 11) is 0. The normalized spacial score (nSPS) is 13.4. The van der Waals surface area contributed by atoms with Crippen LogP contribution in [-0.4, -0.2) is 45.9 Å². The molecule has 0 unspecified atom stereocenters. The van der Waals surface area contributed by atoms with Gasteiger partial charge in [0.25, 0.3) is 11.8 Å². The van der Waals surface area contributed by atoms with Crippen LogP contribution in [-0.2, 0) is 4.79 Å². The molecule has 2 amide bonds. The van der Waals surface area contributed by atoms with E-state index < -0.39 is 17.8 Å². The van der Waals surface area contributed by atoms with Crippen LogP contribution in [0.4, 0.5) is 0 Å². The number of benzene rings is 5. The van der Waals surface area contributed by atoms with E-state index in [1.54, 1.807) is 24.3 Å². The standard InChI is InChI=1S/C30H19Br2NO6/c1-12(34)14-5-6-15-26-21(32)11-19-24-17(29(38)33(30(19)39)9-3-4-22(36)37)8-7-16(28(24)26)25-20(31)10-18(13(2)35)23(14)27(15)25/h5-8,10-11H,3-4,9H2,1-2H3,(H,36,37). The number of nitrogens with zero attached hydrogens (tertiary/aromatic N) is 1. The van der Waals surface area contributed by atoms with Crippen LogP contribution >= 0.6 is 31.9 Å². The van der Waals surface area contributed by atoms with Crippen LogP contribution < -0.4 is 0 Å². The van der Waals surface area contributed by atoms with Gasteiger partial charge < -0.3 is 5.11 Å². The number of imide groups is 1. The first-order valence-electron chi connectivity index (χ1n) is 12.2. The Bertz CT molecular complexity index is 1990. The molecule has 1 N–H and O–H groups in total. The highest BCUT2D eigenvalue weighted by molar-refractivity contribution is 9.11. The fourth-order valence-electron chi connectivity index (χ4n) is 5.90. The minimum Gasteiger partial charge on any atom is -0.481 e. The van der Waals surface area contributed by atoms with Crippen molar-refractivity contribution in [3.8, 4) is 0 Å². The lowest BCUT2D eigenvalue weighted by Crippen LogP contribution is -2.41. The smallest absolute Gasteiger partial charge is 0.303 e. The van der Waals surface area contributed by atoms with Gasteiger partial charge >= 0.3 is 5.97 Å². The zero-order chi connectivity index (χ0) is 27.9. The molecule has 0 spiro atoms. The zero-order valence-electron chi connectivity index (χ0n) is 20.8. The molecule has 0 fully saturated rings. The van der Waals surface area contributed by atoms with E-state index in [0.29, 0.717) is 42.0 Å². The lowest BCUT2D eigenvalue weighted by Gasteiger charge is -2.29. The number of carbonyl (C=O) groups is 5. The summed E-state index contributed by atoms with van der Waals surface area (Å²) in [5.41, 5.74) is 1.59. The Morgan fingerprint density at radius 3 is 1.90 bits per heavy atom. The number of aliphatic carboxylic acids is 1. The van der Waals surface area contributed by atoms with E-state index in [0.717, 1.165) is 37.2 Å². The number of carboxylic acid groups (broad SMARTS) is 1. The number of hydrogen-bond donors (Lipinski definition) is 1. The Morgan fingerprint density at radius 2 is 1.28 bits per heavy atom. The van der Waals surface area contributed by atoms with E-state index in [-0.39, 0.29) is 31.0 Å². The lowest BCUT2D eigenvalue weighted by molar-refractivity contribution is -0.137.